The SMILES string of the molecule is CC(C)n1ccc(COC(=O)c2c(N)cccc2Cl)n1. The zero-order valence-corrected chi connectivity index (χ0v) is 12.1. The zero-order valence-electron chi connectivity index (χ0n) is 11.3. The van der Waals surface area contributed by atoms with E-state index in [1.165, 1.54) is 0 Å². The van der Waals surface area contributed by atoms with Crippen molar-refractivity contribution in [2.45, 2.75) is 26.5 Å². The fourth-order valence-electron chi connectivity index (χ4n) is 1.71. The van der Waals surface area contributed by atoms with E-state index in [1.54, 1.807) is 22.9 Å². The molecule has 2 rings (SSSR count). The van der Waals surface area contributed by atoms with Crippen molar-refractivity contribution in [3.05, 3.63) is 46.7 Å². The molecular formula is C14H16ClN3O2. The average Bonchev–Trinajstić information content (AvgIpc) is 2.85. The number of ether oxygens (including phenoxy) is 1. The lowest BCUT2D eigenvalue weighted by atomic mass is 10.2. The Hall–Kier alpha value is -2.01. The highest BCUT2D eigenvalue weighted by atomic mass is 35.5. The lowest BCUT2D eigenvalue weighted by molar-refractivity contribution is 0.0468. The van der Waals surface area contributed by atoms with Crippen molar-refractivity contribution in [2.24, 2.45) is 0 Å². The highest BCUT2D eigenvalue weighted by molar-refractivity contribution is 6.34. The van der Waals surface area contributed by atoms with E-state index in [0.29, 0.717) is 11.4 Å². The van der Waals surface area contributed by atoms with E-state index in [4.69, 9.17) is 22.1 Å². The number of aromatic nitrogens is 2. The second-order valence-corrected chi connectivity index (χ2v) is 5.07. The molecule has 2 N–H and O–H groups in total. The molecule has 6 heteroatoms. The highest BCUT2D eigenvalue weighted by Gasteiger charge is 2.16. The number of carbonyl (C=O) groups is 1. The third kappa shape index (κ3) is 3.11. The summed E-state index contributed by atoms with van der Waals surface area (Å²) in [6, 6.07) is 6.96. The first-order valence-electron chi connectivity index (χ1n) is 6.24. The Kier molecular flexibility index (Phi) is 4.29. The van der Waals surface area contributed by atoms with Crippen LogP contribution in [0, 0.1) is 0 Å². The number of anilines is 1. The van der Waals surface area contributed by atoms with E-state index >= 15 is 0 Å². The first-order valence-corrected chi connectivity index (χ1v) is 6.62. The molecule has 1 aromatic carbocycles. The molecule has 0 aliphatic heterocycles. The Morgan fingerprint density at radius 2 is 2.20 bits per heavy atom. The third-order valence-corrected chi connectivity index (χ3v) is 3.11. The normalized spacial score (nSPS) is 10.8. The van der Waals surface area contributed by atoms with Crippen molar-refractivity contribution >= 4 is 23.3 Å². The molecule has 5 nitrogen and oxygen atoms in total. The Balaban J connectivity index is 2.05. The van der Waals surface area contributed by atoms with E-state index < -0.39 is 5.97 Å². The van der Waals surface area contributed by atoms with Crippen molar-refractivity contribution < 1.29 is 9.53 Å². The van der Waals surface area contributed by atoms with Crippen LogP contribution >= 0.6 is 11.6 Å². The minimum atomic E-state index is -0.549. The summed E-state index contributed by atoms with van der Waals surface area (Å²) in [6.07, 6.45) is 1.84. The molecule has 0 bridgehead atoms. The molecule has 0 saturated carbocycles. The van der Waals surface area contributed by atoms with Gasteiger partial charge >= 0.3 is 5.97 Å². The minimum Gasteiger partial charge on any atom is -0.455 e. The lowest BCUT2D eigenvalue weighted by Crippen LogP contribution is -2.10. The number of hydrogen-bond acceptors (Lipinski definition) is 4. The molecule has 0 aliphatic carbocycles. The summed E-state index contributed by atoms with van der Waals surface area (Å²) >= 11 is 5.95. The van der Waals surface area contributed by atoms with Gasteiger partial charge in [0.25, 0.3) is 0 Å². The van der Waals surface area contributed by atoms with Gasteiger partial charge < -0.3 is 10.5 Å². The van der Waals surface area contributed by atoms with Crippen LogP contribution in [0.4, 0.5) is 5.69 Å². The van der Waals surface area contributed by atoms with E-state index in [1.807, 2.05) is 26.1 Å². The summed E-state index contributed by atoms with van der Waals surface area (Å²) in [5, 5.41) is 4.58. The van der Waals surface area contributed by atoms with Gasteiger partial charge in [-0.25, -0.2) is 4.79 Å². The average molecular weight is 294 g/mol. The van der Waals surface area contributed by atoms with Crippen LogP contribution in [-0.4, -0.2) is 15.7 Å². The number of nitrogens with zero attached hydrogens (tertiary/aromatic N) is 2. The van der Waals surface area contributed by atoms with Crippen LogP contribution in [0.25, 0.3) is 0 Å². The molecule has 0 fully saturated rings. The van der Waals surface area contributed by atoms with E-state index in [2.05, 4.69) is 5.10 Å². The quantitative estimate of drug-likeness (QED) is 0.695. The van der Waals surface area contributed by atoms with Crippen LogP contribution in [0.1, 0.15) is 35.9 Å². The van der Waals surface area contributed by atoms with Gasteiger partial charge in [-0.1, -0.05) is 17.7 Å². The molecule has 0 radical (unpaired) electrons. The molecule has 0 aliphatic rings. The van der Waals surface area contributed by atoms with Crippen LogP contribution in [0.3, 0.4) is 0 Å². The van der Waals surface area contributed by atoms with Crippen LogP contribution in [0.15, 0.2) is 30.5 Å². The van der Waals surface area contributed by atoms with Gasteiger partial charge in [0.05, 0.1) is 10.7 Å². The Morgan fingerprint density at radius 3 is 2.80 bits per heavy atom. The van der Waals surface area contributed by atoms with Gasteiger partial charge in [-0.3, -0.25) is 4.68 Å². The number of esters is 1. The standard InChI is InChI=1S/C14H16ClN3O2/c1-9(2)18-7-6-10(17-18)8-20-14(19)13-11(15)4-3-5-12(13)16/h3-7,9H,8,16H2,1-2H3. The number of carbonyl (C=O) groups excluding carboxylic acids is 1. The molecule has 1 heterocycles. The van der Waals surface area contributed by atoms with Gasteiger partial charge in [0.15, 0.2) is 0 Å². The molecule has 0 atom stereocenters. The summed E-state index contributed by atoms with van der Waals surface area (Å²) in [4.78, 5) is 12.0. The number of benzene rings is 1. The summed E-state index contributed by atoms with van der Waals surface area (Å²) in [5.74, 6) is -0.549. The third-order valence-electron chi connectivity index (χ3n) is 2.79. The topological polar surface area (TPSA) is 70.1 Å². The maximum Gasteiger partial charge on any atom is 0.342 e. The molecule has 0 saturated heterocycles. The summed E-state index contributed by atoms with van der Waals surface area (Å²) in [6.45, 7) is 4.13. The number of nitrogens with two attached hydrogens (primary N) is 1. The molecule has 1 aromatic heterocycles. The number of hydrogen-bond donors (Lipinski definition) is 1. The molecule has 0 spiro atoms. The van der Waals surface area contributed by atoms with E-state index in [-0.39, 0.29) is 23.2 Å². The largest absolute Gasteiger partial charge is 0.455 e. The van der Waals surface area contributed by atoms with Crippen molar-refractivity contribution in [1.82, 2.24) is 9.78 Å². The fraction of sp³-hybridized carbons (Fsp3) is 0.286. The lowest BCUT2D eigenvalue weighted by Gasteiger charge is -2.07. The molecule has 2 aromatic rings. The maximum absolute atomic E-state index is 12.0. The van der Waals surface area contributed by atoms with Crippen molar-refractivity contribution in [3.63, 3.8) is 0 Å². The Labute approximate surface area is 122 Å². The second-order valence-electron chi connectivity index (χ2n) is 4.66. The first-order chi connectivity index (χ1) is 9.49. The van der Waals surface area contributed by atoms with Crippen LogP contribution in [-0.2, 0) is 11.3 Å². The second kappa shape index (κ2) is 5.96. The Morgan fingerprint density at radius 1 is 1.45 bits per heavy atom. The predicted molar refractivity (Wildman–Crippen MR) is 77.6 cm³/mol. The molecule has 106 valence electrons. The van der Waals surface area contributed by atoms with Gasteiger partial charge in [0.1, 0.15) is 12.2 Å². The van der Waals surface area contributed by atoms with Crippen molar-refractivity contribution in [2.75, 3.05) is 5.73 Å². The summed E-state index contributed by atoms with van der Waals surface area (Å²) in [7, 11) is 0. The zero-order chi connectivity index (χ0) is 14.7. The molecular weight excluding hydrogens is 278 g/mol. The van der Waals surface area contributed by atoms with Crippen LogP contribution in [0.2, 0.25) is 5.02 Å². The van der Waals surface area contributed by atoms with Crippen LogP contribution in [0.5, 0.6) is 0 Å². The monoisotopic (exact) mass is 293 g/mol. The van der Waals surface area contributed by atoms with Crippen LogP contribution < -0.4 is 5.73 Å². The molecule has 0 unspecified atom stereocenters. The molecule has 0 amide bonds. The van der Waals surface area contributed by atoms with Gasteiger partial charge in [-0.2, -0.15) is 5.10 Å². The van der Waals surface area contributed by atoms with Gasteiger partial charge in [-0.05, 0) is 32.0 Å². The highest BCUT2D eigenvalue weighted by Crippen LogP contribution is 2.23. The van der Waals surface area contributed by atoms with Gasteiger partial charge in [-0.15, -0.1) is 0 Å². The number of nitrogen functional groups attached to an aromatic ring is 1. The minimum absolute atomic E-state index is 0.0865. The summed E-state index contributed by atoms with van der Waals surface area (Å²) < 4.78 is 6.99. The van der Waals surface area contributed by atoms with Gasteiger partial charge in [0, 0.05) is 17.9 Å². The number of halogens is 1. The predicted octanol–water partition coefficient (Wildman–Crippen LogP) is 3.06. The van der Waals surface area contributed by atoms with Crippen molar-refractivity contribution in [1.29, 1.82) is 0 Å². The van der Waals surface area contributed by atoms with E-state index in [9.17, 15) is 4.79 Å². The molecule has 20 heavy (non-hydrogen) atoms. The fourth-order valence-corrected chi connectivity index (χ4v) is 1.97. The summed E-state index contributed by atoms with van der Waals surface area (Å²) in [5.41, 5.74) is 6.90. The van der Waals surface area contributed by atoms with Gasteiger partial charge in [0.2, 0.25) is 0 Å². The first kappa shape index (κ1) is 14.4. The van der Waals surface area contributed by atoms with Crippen molar-refractivity contribution in [3.8, 4) is 0 Å². The van der Waals surface area contributed by atoms with E-state index in [0.717, 1.165) is 0 Å². The Bertz CT molecular complexity index is 602. The number of rotatable bonds is 4. The smallest absolute Gasteiger partial charge is 0.342 e. The maximum atomic E-state index is 12.0.